The van der Waals surface area contributed by atoms with Gasteiger partial charge in [-0.3, -0.25) is 4.99 Å². The van der Waals surface area contributed by atoms with Crippen molar-refractivity contribution in [1.29, 1.82) is 0 Å². The van der Waals surface area contributed by atoms with E-state index in [1.165, 1.54) is 0 Å². The molecule has 90 valence electrons. The Hall–Kier alpha value is -1.82. The maximum absolute atomic E-state index is 5.41. The van der Waals surface area contributed by atoms with Crippen LogP contribution in [0.15, 0.2) is 33.2 Å². The molecule has 0 fully saturated rings. The number of oxazole rings is 1. The van der Waals surface area contributed by atoms with Crippen molar-refractivity contribution in [2.75, 3.05) is 14.1 Å². The molecular formula is C11H14N4OS. The monoisotopic (exact) mass is 250 g/mol. The number of rotatable bonds is 3. The van der Waals surface area contributed by atoms with E-state index in [2.05, 4.69) is 20.6 Å². The molecule has 0 spiro atoms. The molecule has 0 atom stereocenters. The molecule has 0 aliphatic heterocycles. The van der Waals surface area contributed by atoms with E-state index in [0.29, 0.717) is 12.4 Å². The summed E-state index contributed by atoms with van der Waals surface area (Å²) >= 11 is 1.61. The molecule has 2 aromatic rings. The van der Waals surface area contributed by atoms with E-state index in [4.69, 9.17) is 4.42 Å². The van der Waals surface area contributed by atoms with Crippen LogP contribution in [0.2, 0.25) is 0 Å². The number of thiophene rings is 1. The van der Waals surface area contributed by atoms with Crippen LogP contribution in [-0.4, -0.2) is 25.0 Å². The average molecular weight is 250 g/mol. The topological polar surface area (TPSA) is 62.5 Å². The lowest BCUT2D eigenvalue weighted by molar-refractivity contribution is 0.573. The fourth-order valence-corrected chi connectivity index (χ4v) is 2.01. The summed E-state index contributed by atoms with van der Waals surface area (Å²) in [6.07, 6.45) is 1.66. The molecule has 0 radical (unpaired) electrons. The van der Waals surface area contributed by atoms with Crippen molar-refractivity contribution in [2.45, 2.75) is 6.54 Å². The number of nitrogens with zero attached hydrogens (tertiary/aromatic N) is 2. The molecule has 2 heterocycles. The van der Waals surface area contributed by atoms with Gasteiger partial charge in [-0.15, -0.1) is 11.3 Å². The minimum absolute atomic E-state index is 0.586. The highest BCUT2D eigenvalue weighted by atomic mass is 32.1. The maximum Gasteiger partial charge on any atom is 0.236 e. The molecule has 5 nitrogen and oxygen atoms in total. The highest BCUT2D eigenvalue weighted by Gasteiger charge is 2.07. The van der Waals surface area contributed by atoms with Gasteiger partial charge < -0.3 is 15.1 Å². The van der Waals surface area contributed by atoms with Gasteiger partial charge in [-0.05, 0) is 11.4 Å². The summed E-state index contributed by atoms with van der Waals surface area (Å²) in [6, 6.07) is 3.96. The summed E-state index contributed by atoms with van der Waals surface area (Å²) in [7, 11) is 3.54. The van der Waals surface area contributed by atoms with Crippen LogP contribution in [0.3, 0.4) is 0 Å². The van der Waals surface area contributed by atoms with Crippen molar-refractivity contribution < 1.29 is 4.42 Å². The van der Waals surface area contributed by atoms with E-state index in [-0.39, 0.29) is 0 Å². The molecular weight excluding hydrogens is 236 g/mol. The summed E-state index contributed by atoms with van der Waals surface area (Å²) in [5.74, 6) is 1.39. The summed E-state index contributed by atoms with van der Waals surface area (Å²) in [5, 5.41) is 8.05. The number of aromatic nitrogens is 1. The fourth-order valence-electron chi connectivity index (χ4n) is 1.36. The van der Waals surface area contributed by atoms with E-state index >= 15 is 0 Å². The van der Waals surface area contributed by atoms with E-state index in [9.17, 15) is 0 Å². The molecule has 0 aliphatic carbocycles. The van der Waals surface area contributed by atoms with E-state index in [0.717, 1.165) is 16.5 Å². The van der Waals surface area contributed by atoms with Crippen molar-refractivity contribution in [3.8, 4) is 10.8 Å². The van der Waals surface area contributed by atoms with E-state index in [1.54, 1.807) is 24.6 Å². The third-order valence-corrected chi connectivity index (χ3v) is 3.04. The Bertz CT molecular complexity index is 489. The molecule has 0 aliphatic rings. The molecule has 2 N–H and O–H groups in total. The quantitative estimate of drug-likeness (QED) is 0.643. The molecule has 6 heteroatoms. The molecule has 0 bridgehead atoms. The van der Waals surface area contributed by atoms with Gasteiger partial charge in [0.15, 0.2) is 5.96 Å². The number of hydrogen-bond acceptors (Lipinski definition) is 4. The van der Waals surface area contributed by atoms with Gasteiger partial charge in [0.25, 0.3) is 0 Å². The summed E-state index contributed by atoms with van der Waals surface area (Å²) in [5.41, 5.74) is 0.852. The van der Waals surface area contributed by atoms with Gasteiger partial charge in [0.2, 0.25) is 5.89 Å². The van der Waals surface area contributed by atoms with Crippen molar-refractivity contribution >= 4 is 17.3 Å². The van der Waals surface area contributed by atoms with Crippen LogP contribution in [0.1, 0.15) is 5.69 Å². The third-order valence-electron chi connectivity index (χ3n) is 2.18. The van der Waals surface area contributed by atoms with Crippen LogP contribution in [0.25, 0.3) is 10.8 Å². The largest absolute Gasteiger partial charge is 0.443 e. The van der Waals surface area contributed by atoms with Gasteiger partial charge in [-0.1, -0.05) is 6.07 Å². The maximum atomic E-state index is 5.41. The Morgan fingerprint density at radius 2 is 2.47 bits per heavy atom. The fraction of sp³-hybridized carbons (Fsp3) is 0.273. The van der Waals surface area contributed by atoms with Crippen LogP contribution in [0.5, 0.6) is 0 Å². The van der Waals surface area contributed by atoms with Crippen LogP contribution in [-0.2, 0) is 6.54 Å². The van der Waals surface area contributed by atoms with Crippen LogP contribution in [0, 0.1) is 0 Å². The Balaban J connectivity index is 2.00. The highest BCUT2D eigenvalue weighted by Crippen LogP contribution is 2.23. The summed E-state index contributed by atoms with van der Waals surface area (Å²) in [4.78, 5) is 9.44. The lowest BCUT2D eigenvalue weighted by atomic mass is 10.4. The number of guanidine groups is 1. The van der Waals surface area contributed by atoms with E-state index in [1.807, 2.05) is 24.6 Å². The Labute approximate surface area is 104 Å². The van der Waals surface area contributed by atoms with Gasteiger partial charge in [0.05, 0.1) is 17.1 Å². The standard InChI is InChI=1S/C11H14N4OS/c1-12-11(13-2)14-6-8-7-16-10(15-8)9-4-3-5-17-9/h3-5,7H,6H2,1-2H3,(H2,12,13,14). The molecule has 0 saturated heterocycles. The zero-order chi connectivity index (χ0) is 12.1. The average Bonchev–Trinajstić information content (AvgIpc) is 3.01. The molecule has 17 heavy (non-hydrogen) atoms. The second-order valence-electron chi connectivity index (χ2n) is 3.30. The van der Waals surface area contributed by atoms with Crippen molar-refractivity contribution in [1.82, 2.24) is 15.6 Å². The highest BCUT2D eigenvalue weighted by molar-refractivity contribution is 7.13. The van der Waals surface area contributed by atoms with Gasteiger partial charge in [0.1, 0.15) is 6.26 Å². The third kappa shape index (κ3) is 2.85. The van der Waals surface area contributed by atoms with Crippen LogP contribution in [0.4, 0.5) is 0 Å². The zero-order valence-electron chi connectivity index (χ0n) is 9.73. The smallest absolute Gasteiger partial charge is 0.236 e. The molecule has 2 rings (SSSR count). The Morgan fingerprint density at radius 1 is 1.59 bits per heavy atom. The lowest BCUT2D eigenvalue weighted by Gasteiger charge is -2.05. The first kappa shape index (κ1) is 11.7. The molecule has 0 saturated carbocycles. The predicted octanol–water partition coefficient (Wildman–Crippen LogP) is 1.70. The van der Waals surface area contributed by atoms with Crippen LogP contribution >= 0.6 is 11.3 Å². The molecule has 0 aromatic carbocycles. The number of hydrogen-bond donors (Lipinski definition) is 2. The molecule has 0 amide bonds. The minimum atomic E-state index is 0.586. The Kier molecular flexibility index (Phi) is 3.77. The van der Waals surface area contributed by atoms with Crippen molar-refractivity contribution in [2.24, 2.45) is 4.99 Å². The zero-order valence-corrected chi connectivity index (χ0v) is 10.5. The second-order valence-corrected chi connectivity index (χ2v) is 4.24. The minimum Gasteiger partial charge on any atom is -0.443 e. The van der Waals surface area contributed by atoms with Crippen molar-refractivity contribution in [3.05, 3.63) is 29.5 Å². The van der Waals surface area contributed by atoms with Crippen LogP contribution < -0.4 is 10.6 Å². The van der Waals surface area contributed by atoms with Gasteiger partial charge in [-0.2, -0.15) is 0 Å². The Morgan fingerprint density at radius 3 is 3.12 bits per heavy atom. The second kappa shape index (κ2) is 5.49. The molecule has 2 aromatic heterocycles. The number of nitrogens with one attached hydrogen (secondary N) is 2. The van der Waals surface area contributed by atoms with Gasteiger partial charge >= 0.3 is 0 Å². The predicted molar refractivity (Wildman–Crippen MR) is 69.1 cm³/mol. The SMILES string of the molecule is CN=C(NC)NCc1coc(-c2cccs2)n1. The first-order valence-corrected chi connectivity index (χ1v) is 6.08. The van der Waals surface area contributed by atoms with E-state index < -0.39 is 0 Å². The summed E-state index contributed by atoms with van der Waals surface area (Å²) in [6.45, 7) is 0.586. The summed E-state index contributed by atoms with van der Waals surface area (Å²) < 4.78 is 5.41. The lowest BCUT2D eigenvalue weighted by Crippen LogP contribution is -2.34. The van der Waals surface area contributed by atoms with Gasteiger partial charge in [-0.25, -0.2) is 4.98 Å². The number of aliphatic imine (C=N–C) groups is 1. The normalized spacial score (nSPS) is 11.5. The van der Waals surface area contributed by atoms with Gasteiger partial charge in [0, 0.05) is 14.1 Å². The first-order chi connectivity index (χ1) is 8.33. The molecule has 0 unspecified atom stereocenters. The first-order valence-electron chi connectivity index (χ1n) is 5.20. The van der Waals surface area contributed by atoms with Crippen molar-refractivity contribution in [3.63, 3.8) is 0 Å².